The van der Waals surface area contributed by atoms with Crippen molar-refractivity contribution in [1.29, 1.82) is 0 Å². The first kappa shape index (κ1) is 14.8. The Bertz CT molecular complexity index is 620. The molecule has 0 aliphatic rings. The van der Waals surface area contributed by atoms with Crippen LogP contribution in [-0.4, -0.2) is 15.6 Å². The van der Waals surface area contributed by atoms with E-state index in [-0.39, 0.29) is 17.8 Å². The van der Waals surface area contributed by atoms with Gasteiger partial charge in [0.1, 0.15) is 17.3 Å². The molecule has 0 fully saturated rings. The maximum Gasteiger partial charge on any atom is 0.186 e. The average molecular weight is 343 g/mol. The second-order valence-electron chi connectivity index (χ2n) is 4.36. The summed E-state index contributed by atoms with van der Waals surface area (Å²) in [5.41, 5.74) is 0.128. The third kappa shape index (κ3) is 2.95. The molecule has 0 radical (unpaired) electrons. The summed E-state index contributed by atoms with van der Waals surface area (Å²) in [5, 5.41) is 4.07. The van der Waals surface area contributed by atoms with Gasteiger partial charge in [0.05, 0.1) is 10.7 Å². The molecule has 0 N–H and O–H groups in total. The van der Waals surface area contributed by atoms with Crippen LogP contribution in [0.25, 0.3) is 0 Å². The zero-order valence-electron chi connectivity index (χ0n) is 10.9. The Morgan fingerprint density at radius 2 is 2.00 bits per heavy atom. The standard InChI is InChI=1S/C14H13BrF2N2O/c1-2-6-19-14(10(15)8-18-19)13(20)7-9-11(16)4-3-5-12(9)17/h3-5,8H,2,6-7H2,1H3. The summed E-state index contributed by atoms with van der Waals surface area (Å²) in [6.07, 6.45) is 2.00. The molecule has 1 aromatic heterocycles. The van der Waals surface area contributed by atoms with Crippen molar-refractivity contribution in [3.8, 4) is 0 Å². The van der Waals surface area contributed by atoms with Gasteiger partial charge >= 0.3 is 0 Å². The van der Waals surface area contributed by atoms with Gasteiger partial charge in [-0.1, -0.05) is 13.0 Å². The lowest BCUT2D eigenvalue weighted by molar-refractivity contribution is 0.0979. The fourth-order valence-electron chi connectivity index (χ4n) is 1.97. The van der Waals surface area contributed by atoms with Crippen LogP contribution in [0, 0.1) is 11.6 Å². The molecule has 0 spiro atoms. The first-order chi connectivity index (χ1) is 9.54. The van der Waals surface area contributed by atoms with E-state index in [4.69, 9.17) is 0 Å². The molecule has 0 aliphatic carbocycles. The number of Topliss-reactive ketones (excluding diaryl/α,β-unsaturated/α-hetero) is 1. The Labute approximate surface area is 123 Å². The molecule has 20 heavy (non-hydrogen) atoms. The summed E-state index contributed by atoms with van der Waals surface area (Å²) >= 11 is 3.25. The van der Waals surface area contributed by atoms with Crippen LogP contribution in [0.1, 0.15) is 29.4 Å². The summed E-state index contributed by atoms with van der Waals surface area (Å²) in [6.45, 7) is 2.53. The van der Waals surface area contributed by atoms with Crippen molar-refractivity contribution < 1.29 is 13.6 Å². The number of aryl methyl sites for hydroxylation is 1. The van der Waals surface area contributed by atoms with Crippen LogP contribution < -0.4 is 0 Å². The lowest BCUT2D eigenvalue weighted by Gasteiger charge is -2.07. The molecule has 6 heteroatoms. The largest absolute Gasteiger partial charge is 0.292 e. The maximum absolute atomic E-state index is 13.6. The minimum Gasteiger partial charge on any atom is -0.292 e. The average Bonchev–Trinajstić information content (AvgIpc) is 2.76. The van der Waals surface area contributed by atoms with Crippen LogP contribution in [0.4, 0.5) is 8.78 Å². The molecule has 0 aliphatic heterocycles. The summed E-state index contributed by atoms with van der Waals surface area (Å²) < 4.78 is 29.2. The highest BCUT2D eigenvalue weighted by molar-refractivity contribution is 9.10. The number of rotatable bonds is 5. The van der Waals surface area contributed by atoms with Crippen molar-refractivity contribution in [3.63, 3.8) is 0 Å². The Kier molecular flexibility index (Phi) is 4.65. The van der Waals surface area contributed by atoms with Gasteiger partial charge in [0, 0.05) is 18.5 Å². The van der Waals surface area contributed by atoms with Crippen molar-refractivity contribution in [2.75, 3.05) is 0 Å². The molecule has 1 heterocycles. The molecule has 0 saturated carbocycles. The van der Waals surface area contributed by atoms with Crippen molar-refractivity contribution >= 4 is 21.7 Å². The molecule has 0 saturated heterocycles. The number of hydrogen-bond donors (Lipinski definition) is 0. The predicted molar refractivity (Wildman–Crippen MR) is 74.6 cm³/mol. The molecule has 1 aromatic carbocycles. The van der Waals surface area contributed by atoms with E-state index in [2.05, 4.69) is 21.0 Å². The first-order valence-corrected chi connectivity index (χ1v) is 7.01. The van der Waals surface area contributed by atoms with Gasteiger partial charge < -0.3 is 0 Å². The molecule has 0 bridgehead atoms. The van der Waals surface area contributed by atoms with E-state index < -0.39 is 11.6 Å². The molecule has 3 nitrogen and oxygen atoms in total. The monoisotopic (exact) mass is 342 g/mol. The molecular formula is C14H13BrF2N2O. The normalized spacial score (nSPS) is 10.8. The van der Waals surface area contributed by atoms with Gasteiger partial charge in [-0.05, 0) is 34.5 Å². The number of nitrogens with zero attached hydrogens (tertiary/aromatic N) is 2. The van der Waals surface area contributed by atoms with Crippen molar-refractivity contribution in [1.82, 2.24) is 9.78 Å². The van der Waals surface area contributed by atoms with Crippen molar-refractivity contribution in [2.45, 2.75) is 26.3 Å². The zero-order chi connectivity index (χ0) is 14.7. The van der Waals surface area contributed by atoms with Gasteiger partial charge in [0.2, 0.25) is 0 Å². The van der Waals surface area contributed by atoms with Crippen molar-refractivity contribution in [2.24, 2.45) is 0 Å². The minimum absolute atomic E-state index is 0.214. The molecular weight excluding hydrogens is 330 g/mol. The highest BCUT2D eigenvalue weighted by atomic mass is 79.9. The fraction of sp³-hybridized carbons (Fsp3) is 0.286. The van der Waals surface area contributed by atoms with Crippen LogP contribution in [0.5, 0.6) is 0 Å². The van der Waals surface area contributed by atoms with Gasteiger partial charge in [-0.15, -0.1) is 0 Å². The van der Waals surface area contributed by atoms with Crippen molar-refractivity contribution in [3.05, 3.63) is 51.8 Å². The third-order valence-electron chi connectivity index (χ3n) is 2.89. The van der Waals surface area contributed by atoms with E-state index in [1.54, 1.807) is 4.68 Å². The van der Waals surface area contributed by atoms with Gasteiger partial charge in [-0.3, -0.25) is 9.48 Å². The first-order valence-electron chi connectivity index (χ1n) is 6.22. The van der Waals surface area contributed by atoms with Gasteiger partial charge in [-0.2, -0.15) is 5.10 Å². The second kappa shape index (κ2) is 6.26. The predicted octanol–water partition coefficient (Wildman–Crippen LogP) is 3.76. The quantitative estimate of drug-likeness (QED) is 0.775. The number of hydrogen-bond acceptors (Lipinski definition) is 2. The molecule has 0 unspecified atom stereocenters. The highest BCUT2D eigenvalue weighted by Crippen LogP contribution is 2.21. The van der Waals surface area contributed by atoms with Crippen LogP contribution in [0.15, 0.2) is 28.9 Å². The third-order valence-corrected chi connectivity index (χ3v) is 3.47. The van der Waals surface area contributed by atoms with Crippen LogP contribution in [-0.2, 0) is 13.0 Å². The minimum atomic E-state index is -0.712. The van der Waals surface area contributed by atoms with Crippen LogP contribution >= 0.6 is 15.9 Å². The Morgan fingerprint density at radius 1 is 1.35 bits per heavy atom. The smallest absolute Gasteiger partial charge is 0.186 e. The van der Waals surface area contributed by atoms with E-state index >= 15 is 0 Å². The van der Waals surface area contributed by atoms with Gasteiger partial charge in [0.15, 0.2) is 5.78 Å². The molecule has 2 rings (SSSR count). The van der Waals surface area contributed by atoms with Crippen LogP contribution in [0.3, 0.4) is 0 Å². The van der Waals surface area contributed by atoms with E-state index in [1.165, 1.54) is 12.3 Å². The summed E-state index contributed by atoms with van der Waals surface area (Å²) in [5.74, 6) is -1.79. The number of carbonyl (C=O) groups excluding carboxylic acids is 1. The number of benzene rings is 1. The maximum atomic E-state index is 13.6. The van der Waals surface area contributed by atoms with Crippen LogP contribution in [0.2, 0.25) is 0 Å². The lowest BCUT2D eigenvalue weighted by atomic mass is 10.1. The van der Waals surface area contributed by atoms with E-state index in [0.29, 0.717) is 16.7 Å². The molecule has 2 aromatic rings. The molecule has 0 amide bonds. The van der Waals surface area contributed by atoms with Gasteiger partial charge in [-0.25, -0.2) is 8.78 Å². The number of carbonyl (C=O) groups is 1. The SMILES string of the molecule is CCCn1ncc(Br)c1C(=O)Cc1c(F)cccc1F. The second-order valence-corrected chi connectivity index (χ2v) is 5.22. The zero-order valence-corrected chi connectivity index (χ0v) is 12.5. The van der Waals surface area contributed by atoms with Gasteiger partial charge in [0.25, 0.3) is 0 Å². The Morgan fingerprint density at radius 3 is 2.60 bits per heavy atom. The summed E-state index contributed by atoms with van der Waals surface area (Å²) in [7, 11) is 0. The van der Waals surface area contributed by atoms with E-state index in [9.17, 15) is 13.6 Å². The Balaban J connectivity index is 2.31. The number of halogens is 3. The summed E-state index contributed by atoms with van der Waals surface area (Å²) in [4.78, 5) is 12.3. The molecule has 106 valence electrons. The van der Waals surface area contributed by atoms with E-state index in [0.717, 1.165) is 18.6 Å². The topological polar surface area (TPSA) is 34.9 Å². The number of ketones is 1. The summed E-state index contributed by atoms with van der Waals surface area (Å²) in [6, 6.07) is 3.56. The number of aromatic nitrogens is 2. The highest BCUT2D eigenvalue weighted by Gasteiger charge is 2.20. The van der Waals surface area contributed by atoms with E-state index in [1.807, 2.05) is 6.92 Å². The fourth-order valence-corrected chi connectivity index (χ4v) is 2.48. The Hall–Kier alpha value is -1.56. The molecule has 0 atom stereocenters. The lowest BCUT2D eigenvalue weighted by Crippen LogP contribution is -2.14.